The van der Waals surface area contributed by atoms with Crippen LogP contribution in [0.4, 0.5) is 0 Å². The monoisotopic (exact) mass is 434 g/mol. The van der Waals surface area contributed by atoms with Gasteiger partial charge in [0, 0.05) is 0 Å². The molecule has 4 aromatic carbocycles. The zero-order valence-electron chi connectivity index (χ0n) is 20.6. The Balaban J connectivity index is 1.68. The minimum Gasteiger partial charge on any atom is -0.360 e. The summed E-state index contributed by atoms with van der Waals surface area (Å²) in [6, 6.07) is 34.6. The minimum absolute atomic E-state index is 0.463. The predicted octanol–water partition coefficient (Wildman–Crippen LogP) is 8.82. The van der Waals surface area contributed by atoms with Gasteiger partial charge in [0.2, 0.25) is 0 Å². The van der Waals surface area contributed by atoms with Crippen LogP contribution >= 0.6 is 0 Å². The quantitative estimate of drug-likeness (QED) is 0.294. The molecule has 0 aliphatic heterocycles. The van der Waals surface area contributed by atoms with Gasteiger partial charge in [-0.3, -0.25) is 0 Å². The largest absolute Gasteiger partial charge is 0.360 e. The molecule has 0 N–H and O–H groups in total. The molecule has 0 fully saturated rings. The van der Waals surface area contributed by atoms with Crippen molar-refractivity contribution in [1.29, 1.82) is 0 Å². The first-order valence-corrected chi connectivity index (χ1v) is 11.7. The average molecular weight is 435 g/mol. The van der Waals surface area contributed by atoms with Crippen LogP contribution < -0.4 is 0 Å². The van der Waals surface area contributed by atoms with Crippen LogP contribution in [0.1, 0.15) is 49.9 Å². The highest BCUT2D eigenvalue weighted by molar-refractivity contribution is 5.66. The third-order valence-corrected chi connectivity index (χ3v) is 6.27. The van der Waals surface area contributed by atoms with Crippen LogP contribution in [-0.2, 0) is 15.9 Å². The predicted molar refractivity (Wildman–Crippen MR) is 140 cm³/mol. The lowest BCUT2D eigenvalue weighted by molar-refractivity contribution is -0.132. The van der Waals surface area contributed by atoms with E-state index in [4.69, 9.17) is 4.74 Å². The van der Waals surface area contributed by atoms with Crippen LogP contribution in [0.2, 0.25) is 0 Å². The molecular formula is C32H34O. The van der Waals surface area contributed by atoms with Gasteiger partial charge in [0.25, 0.3) is 0 Å². The van der Waals surface area contributed by atoms with Crippen molar-refractivity contribution in [2.24, 2.45) is 0 Å². The zero-order chi connectivity index (χ0) is 23.6. The van der Waals surface area contributed by atoms with Crippen LogP contribution in [-0.4, -0.2) is 0 Å². The third-order valence-electron chi connectivity index (χ3n) is 6.27. The molecule has 0 unspecified atom stereocenters. The summed E-state index contributed by atoms with van der Waals surface area (Å²) in [4.78, 5) is 0. The van der Waals surface area contributed by atoms with Gasteiger partial charge < -0.3 is 4.74 Å². The van der Waals surface area contributed by atoms with Gasteiger partial charge in [-0.1, -0.05) is 96.1 Å². The summed E-state index contributed by atoms with van der Waals surface area (Å²) in [6.07, 6.45) is 0. The number of hydrogen-bond donors (Lipinski definition) is 0. The van der Waals surface area contributed by atoms with E-state index in [0.29, 0.717) is 0 Å². The van der Waals surface area contributed by atoms with Crippen molar-refractivity contribution >= 4 is 0 Å². The first kappa shape index (κ1) is 23.0. The fraction of sp³-hybridized carbons (Fsp3) is 0.250. The second-order valence-electron chi connectivity index (χ2n) is 10.0. The van der Waals surface area contributed by atoms with Gasteiger partial charge in [-0.05, 0) is 87.1 Å². The second kappa shape index (κ2) is 9.00. The van der Waals surface area contributed by atoms with E-state index in [1.165, 1.54) is 44.5 Å². The van der Waals surface area contributed by atoms with Crippen LogP contribution in [0, 0.1) is 13.8 Å². The van der Waals surface area contributed by atoms with Crippen molar-refractivity contribution in [1.82, 2.24) is 0 Å². The third kappa shape index (κ3) is 5.26. The Morgan fingerprint density at radius 2 is 0.818 bits per heavy atom. The number of benzene rings is 4. The fourth-order valence-electron chi connectivity index (χ4n) is 4.61. The highest BCUT2D eigenvalue weighted by Gasteiger charge is 2.33. The Hall–Kier alpha value is -3.16. The van der Waals surface area contributed by atoms with Gasteiger partial charge in [-0.15, -0.1) is 0 Å². The van der Waals surface area contributed by atoms with Gasteiger partial charge in [-0.2, -0.15) is 0 Å². The van der Waals surface area contributed by atoms with Gasteiger partial charge in [0.05, 0.1) is 11.2 Å². The molecule has 0 spiro atoms. The molecule has 0 bridgehead atoms. The molecule has 0 atom stereocenters. The Bertz CT molecular complexity index is 1140. The number of ether oxygens (including phenoxy) is 1. The molecule has 0 aliphatic rings. The average Bonchev–Trinajstić information content (AvgIpc) is 2.79. The molecule has 4 rings (SSSR count). The summed E-state index contributed by atoms with van der Waals surface area (Å²) in [5.74, 6) is 0. The van der Waals surface area contributed by atoms with E-state index in [2.05, 4.69) is 139 Å². The van der Waals surface area contributed by atoms with Crippen LogP contribution in [0.15, 0.2) is 97.1 Å². The smallest absolute Gasteiger partial charge is 0.0887 e. The summed E-state index contributed by atoms with van der Waals surface area (Å²) < 4.78 is 6.89. The van der Waals surface area contributed by atoms with Gasteiger partial charge in [0.1, 0.15) is 0 Å². The van der Waals surface area contributed by atoms with Crippen molar-refractivity contribution in [3.8, 4) is 22.3 Å². The van der Waals surface area contributed by atoms with E-state index in [-0.39, 0.29) is 0 Å². The molecule has 0 heterocycles. The Labute approximate surface area is 199 Å². The Kier molecular flexibility index (Phi) is 6.28. The van der Waals surface area contributed by atoms with E-state index >= 15 is 0 Å². The maximum atomic E-state index is 6.89. The summed E-state index contributed by atoms with van der Waals surface area (Å²) in [6.45, 7) is 13.0. The Morgan fingerprint density at radius 3 is 1.18 bits per heavy atom. The summed E-state index contributed by atoms with van der Waals surface area (Å²) in [5.41, 5.74) is 8.82. The van der Waals surface area contributed by atoms with E-state index in [9.17, 15) is 0 Å². The molecule has 1 nitrogen and oxygen atoms in total. The first-order chi connectivity index (χ1) is 15.6. The van der Waals surface area contributed by atoms with E-state index < -0.39 is 11.2 Å². The highest BCUT2D eigenvalue weighted by atomic mass is 16.5. The van der Waals surface area contributed by atoms with Crippen LogP contribution in [0.25, 0.3) is 22.3 Å². The Morgan fingerprint density at radius 1 is 0.455 bits per heavy atom. The lowest BCUT2D eigenvalue weighted by Gasteiger charge is -2.37. The van der Waals surface area contributed by atoms with E-state index in [0.717, 1.165) is 0 Å². The topological polar surface area (TPSA) is 9.23 Å². The summed E-state index contributed by atoms with van der Waals surface area (Å²) in [5, 5.41) is 0. The summed E-state index contributed by atoms with van der Waals surface area (Å²) >= 11 is 0. The van der Waals surface area contributed by atoms with Crippen molar-refractivity contribution in [2.75, 3.05) is 0 Å². The normalized spacial score (nSPS) is 12.1. The maximum absolute atomic E-state index is 6.89. The van der Waals surface area contributed by atoms with Crippen molar-refractivity contribution in [3.63, 3.8) is 0 Å². The first-order valence-electron chi connectivity index (χ1n) is 11.7. The van der Waals surface area contributed by atoms with Crippen LogP contribution in [0.3, 0.4) is 0 Å². The standard InChI is InChI=1S/C32H34O/c1-23-17-27(25-13-9-7-10-14-25)21-29(19-23)31(3,4)33-32(5,6)30-20-24(2)18-28(22-30)26-15-11-8-12-16-26/h7-22H,1-6H3. The molecule has 1 heteroatoms. The molecule has 0 aliphatic carbocycles. The maximum Gasteiger partial charge on any atom is 0.0887 e. The SMILES string of the molecule is Cc1cc(-c2ccccc2)cc(C(C)(C)OC(C)(C)c2cc(C)cc(-c3ccccc3)c2)c1. The molecule has 4 aromatic rings. The van der Waals surface area contributed by atoms with E-state index in [1.807, 2.05) is 0 Å². The molecule has 0 saturated heterocycles. The lowest BCUT2D eigenvalue weighted by atomic mass is 9.88. The molecule has 33 heavy (non-hydrogen) atoms. The zero-order valence-corrected chi connectivity index (χ0v) is 20.6. The molecule has 0 saturated carbocycles. The number of rotatable bonds is 6. The summed E-state index contributed by atoms with van der Waals surface area (Å²) in [7, 11) is 0. The number of aryl methyl sites for hydroxylation is 2. The lowest BCUT2D eigenvalue weighted by Crippen LogP contribution is -2.33. The highest BCUT2D eigenvalue weighted by Crippen LogP contribution is 2.39. The van der Waals surface area contributed by atoms with E-state index in [1.54, 1.807) is 0 Å². The van der Waals surface area contributed by atoms with Gasteiger partial charge in [-0.25, -0.2) is 0 Å². The van der Waals surface area contributed by atoms with Crippen molar-refractivity contribution in [3.05, 3.63) is 119 Å². The van der Waals surface area contributed by atoms with Gasteiger partial charge in [0.15, 0.2) is 0 Å². The van der Waals surface area contributed by atoms with Gasteiger partial charge >= 0.3 is 0 Å². The number of hydrogen-bond acceptors (Lipinski definition) is 1. The minimum atomic E-state index is -0.463. The molecule has 0 aromatic heterocycles. The second-order valence-corrected chi connectivity index (χ2v) is 10.0. The van der Waals surface area contributed by atoms with Crippen LogP contribution in [0.5, 0.6) is 0 Å². The molecule has 168 valence electrons. The van der Waals surface area contributed by atoms with Crippen molar-refractivity contribution < 1.29 is 4.74 Å². The molecule has 0 amide bonds. The molecule has 0 radical (unpaired) electrons. The van der Waals surface area contributed by atoms with Crippen molar-refractivity contribution in [2.45, 2.75) is 52.7 Å². The fourth-order valence-corrected chi connectivity index (χ4v) is 4.61. The molecular weight excluding hydrogens is 400 g/mol.